The molecule has 0 unspecified atom stereocenters. The molecule has 2 nitrogen and oxygen atoms in total. The van der Waals surface area contributed by atoms with Gasteiger partial charge in [-0.3, -0.25) is 4.79 Å². The van der Waals surface area contributed by atoms with Crippen LogP contribution in [0.3, 0.4) is 0 Å². The molecule has 2 N–H and O–H groups in total. The van der Waals surface area contributed by atoms with E-state index in [-0.39, 0.29) is 5.78 Å². The molecule has 0 fully saturated rings. The van der Waals surface area contributed by atoms with E-state index in [1.807, 2.05) is 29.7 Å². The van der Waals surface area contributed by atoms with Crippen LogP contribution in [0.25, 0.3) is 12.2 Å². The number of rotatable bonds is 3. The summed E-state index contributed by atoms with van der Waals surface area (Å²) in [6.45, 7) is 1.55. The Labute approximate surface area is 102 Å². The molecule has 0 amide bonds. The summed E-state index contributed by atoms with van der Waals surface area (Å²) >= 11 is 3.10. The van der Waals surface area contributed by atoms with Gasteiger partial charge in [-0.05, 0) is 36.6 Å². The Morgan fingerprint density at radius 2 is 2.25 bits per heavy atom. The molecule has 0 radical (unpaired) electrons. The van der Waals surface area contributed by atoms with E-state index in [1.165, 1.54) is 16.2 Å². The molecule has 2 rings (SSSR count). The second kappa shape index (κ2) is 4.63. The lowest BCUT2D eigenvalue weighted by Gasteiger charge is -1.88. The van der Waals surface area contributed by atoms with Gasteiger partial charge in [0.1, 0.15) is 0 Å². The molecule has 0 aliphatic carbocycles. The summed E-state index contributed by atoms with van der Waals surface area (Å²) in [4.78, 5) is 14.0. The predicted molar refractivity (Wildman–Crippen MR) is 72.0 cm³/mol. The summed E-state index contributed by atoms with van der Waals surface area (Å²) in [5.41, 5.74) is 6.50. The molecular formula is C12H11NOS2. The summed E-state index contributed by atoms with van der Waals surface area (Å²) in [5.74, 6) is 0.0625. The van der Waals surface area contributed by atoms with E-state index in [1.54, 1.807) is 24.3 Å². The highest BCUT2D eigenvalue weighted by molar-refractivity contribution is 7.15. The van der Waals surface area contributed by atoms with E-state index in [9.17, 15) is 4.79 Å². The third-order valence-electron chi connectivity index (χ3n) is 2.08. The van der Waals surface area contributed by atoms with Crippen LogP contribution in [-0.4, -0.2) is 5.78 Å². The predicted octanol–water partition coefficient (Wildman–Crippen LogP) is 3.76. The average molecular weight is 249 g/mol. The number of hydrogen-bond acceptors (Lipinski definition) is 4. The summed E-state index contributed by atoms with van der Waals surface area (Å²) < 4.78 is 0. The summed E-state index contributed by atoms with van der Waals surface area (Å²) in [5, 5.41) is 2.03. The van der Waals surface area contributed by atoms with Gasteiger partial charge in [-0.2, -0.15) is 0 Å². The maximum absolute atomic E-state index is 11.2. The lowest BCUT2D eigenvalue weighted by Crippen LogP contribution is -1.85. The highest BCUT2D eigenvalue weighted by Crippen LogP contribution is 2.27. The Morgan fingerprint density at radius 1 is 1.44 bits per heavy atom. The molecule has 0 aliphatic rings. The smallest absolute Gasteiger partial charge is 0.169 e. The van der Waals surface area contributed by atoms with Crippen LogP contribution >= 0.6 is 22.7 Å². The molecule has 2 heterocycles. The average Bonchev–Trinajstić information content (AvgIpc) is 2.84. The summed E-state index contributed by atoms with van der Waals surface area (Å²) in [7, 11) is 0. The van der Waals surface area contributed by atoms with Gasteiger partial charge < -0.3 is 5.73 Å². The highest BCUT2D eigenvalue weighted by atomic mass is 32.1. The first-order valence-electron chi connectivity index (χ1n) is 4.78. The number of nitrogen functional groups attached to an aromatic ring is 1. The van der Waals surface area contributed by atoms with Crippen molar-refractivity contribution >= 4 is 46.3 Å². The minimum absolute atomic E-state index is 0.0625. The molecule has 4 heteroatoms. The number of thiophene rings is 2. The molecule has 0 saturated heterocycles. The fourth-order valence-corrected chi connectivity index (χ4v) is 2.76. The van der Waals surface area contributed by atoms with Crippen LogP contribution in [-0.2, 0) is 0 Å². The van der Waals surface area contributed by atoms with Gasteiger partial charge in [0.15, 0.2) is 5.78 Å². The molecule has 0 aromatic carbocycles. The van der Waals surface area contributed by atoms with Crippen molar-refractivity contribution < 1.29 is 4.79 Å². The van der Waals surface area contributed by atoms with Gasteiger partial charge >= 0.3 is 0 Å². The maximum atomic E-state index is 11.2. The van der Waals surface area contributed by atoms with Crippen molar-refractivity contribution in [3.8, 4) is 0 Å². The van der Waals surface area contributed by atoms with Gasteiger partial charge in [-0.1, -0.05) is 6.07 Å². The molecule has 82 valence electrons. The Morgan fingerprint density at radius 3 is 2.81 bits per heavy atom. The van der Waals surface area contributed by atoms with Crippen molar-refractivity contribution in [3.63, 3.8) is 0 Å². The van der Waals surface area contributed by atoms with Crippen LogP contribution in [0.2, 0.25) is 0 Å². The first-order valence-corrected chi connectivity index (χ1v) is 6.48. The molecule has 0 saturated carbocycles. The number of ketones is 1. The summed E-state index contributed by atoms with van der Waals surface area (Å²) in [6.07, 6.45) is 3.97. The van der Waals surface area contributed by atoms with Crippen molar-refractivity contribution in [1.82, 2.24) is 0 Å². The monoisotopic (exact) mass is 249 g/mol. The molecular weight excluding hydrogens is 238 g/mol. The fraction of sp³-hybridized carbons (Fsp3) is 0.0833. The SMILES string of the molecule is CC(=O)c1cc(N)c(/C=C/c2cccs2)s1. The number of hydrogen-bond donors (Lipinski definition) is 1. The Balaban J connectivity index is 2.25. The van der Waals surface area contributed by atoms with Gasteiger partial charge in [0.05, 0.1) is 15.4 Å². The Hall–Kier alpha value is -1.39. The zero-order valence-electron chi connectivity index (χ0n) is 8.77. The highest BCUT2D eigenvalue weighted by Gasteiger charge is 2.07. The first kappa shape index (κ1) is 11.1. The molecule has 0 bridgehead atoms. The second-order valence-corrected chi connectivity index (χ2v) is 5.40. The zero-order chi connectivity index (χ0) is 11.5. The minimum Gasteiger partial charge on any atom is -0.398 e. The molecule has 0 aliphatic heterocycles. The Kier molecular flexibility index (Phi) is 3.22. The van der Waals surface area contributed by atoms with Crippen molar-refractivity contribution in [2.45, 2.75) is 6.92 Å². The lowest BCUT2D eigenvalue weighted by atomic mass is 10.3. The topological polar surface area (TPSA) is 43.1 Å². The molecule has 2 aromatic heterocycles. The first-order chi connectivity index (χ1) is 7.66. The zero-order valence-corrected chi connectivity index (χ0v) is 10.4. The number of anilines is 1. The van der Waals surface area contributed by atoms with Crippen LogP contribution in [0.5, 0.6) is 0 Å². The molecule has 0 atom stereocenters. The van der Waals surface area contributed by atoms with Crippen LogP contribution in [0.1, 0.15) is 26.3 Å². The third kappa shape index (κ3) is 2.40. The van der Waals surface area contributed by atoms with Gasteiger partial charge in [-0.15, -0.1) is 22.7 Å². The van der Waals surface area contributed by atoms with E-state index in [0.29, 0.717) is 10.6 Å². The third-order valence-corrected chi connectivity index (χ3v) is 4.13. The van der Waals surface area contributed by atoms with Gasteiger partial charge in [-0.25, -0.2) is 0 Å². The standard InChI is InChI=1S/C12H11NOS2/c1-8(14)12-7-10(13)11(16-12)5-4-9-3-2-6-15-9/h2-7H,13H2,1H3/b5-4+. The van der Waals surface area contributed by atoms with Gasteiger partial charge in [0.25, 0.3) is 0 Å². The van der Waals surface area contributed by atoms with Crippen LogP contribution < -0.4 is 5.73 Å². The van der Waals surface area contributed by atoms with Gasteiger partial charge in [0, 0.05) is 4.88 Å². The lowest BCUT2D eigenvalue weighted by molar-refractivity contribution is 0.102. The van der Waals surface area contributed by atoms with Crippen molar-refractivity contribution in [3.05, 3.63) is 38.2 Å². The van der Waals surface area contributed by atoms with E-state index >= 15 is 0 Å². The molecule has 2 aromatic rings. The van der Waals surface area contributed by atoms with E-state index in [4.69, 9.17) is 5.73 Å². The molecule has 16 heavy (non-hydrogen) atoms. The van der Waals surface area contributed by atoms with Crippen LogP contribution in [0.15, 0.2) is 23.6 Å². The number of nitrogens with two attached hydrogens (primary N) is 1. The quantitative estimate of drug-likeness (QED) is 0.841. The van der Waals surface area contributed by atoms with E-state index in [0.717, 1.165) is 4.88 Å². The van der Waals surface area contributed by atoms with Crippen LogP contribution in [0, 0.1) is 0 Å². The normalized spacial score (nSPS) is 11.1. The second-order valence-electron chi connectivity index (χ2n) is 3.34. The van der Waals surface area contributed by atoms with Crippen molar-refractivity contribution in [2.24, 2.45) is 0 Å². The fourth-order valence-electron chi connectivity index (χ4n) is 1.27. The summed E-state index contributed by atoms with van der Waals surface area (Å²) in [6, 6.07) is 5.78. The number of carbonyl (C=O) groups is 1. The van der Waals surface area contributed by atoms with Crippen LogP contribution in [0.4, 0.5) is 5.69 Å². The van der Waals surface area contributed by atoms with E-state index < -0.39 is 0 Å². The van der Waals surface area contributed by atoms with Crippen molar-refractivity contribution in [1.29, 1.82) is 0 Å². The Bertz CT molecular complexity index is 523. The largest absolute Gasteiger partial charge is 0.398 e. The van der Waals surface area contributed by atoms with Crippen molar-refractivity contribution in [2.75, 3.05) is 5.73 Å². The number of carbonyl (C=O) groups excluding carboxylic acids is 1. The maximum Gasteiger partial charge on any atom is 0.169 e. The number of Topliss-reactive ketones (excluding diaryl/α,β-unsaturated/α-hetero) is 1. The molecule has 0 spiro atoms. The van der Waals surface area contributed by atoms with Gasteiger partial charge in [0.2, 0.25) is 0 Å². The van der Waals surface area contributed by atoms with E-state index in [2.05, 4.69) is 0 Å². The minimum atomic E-state index is 0.0625.